The molecule has 9 heteroatoms. The first-order valence-corrected chi connectivity index (χ1v) is 11.7. The fraction of sp³-hybridized carbons (Fsp3) is 0.560. The number of ether oxygens (including phenoxy) is 1. The number of piperidine rings is 1. The summed E-state index contributed by atoms with van der Waals surface area (Å²) in [6.07, 6.45) is 2.09. The Morgan fingerprint density at radius 3 is 2.50 bits per heavy atom. The number of benzene rings is 1. The molecule has 2 aliphatic rings. The minimum absolute atomic E-state index is 0.106. The van der Waals surface area contributed by atoms with Gasteiger partial charge >= 0.3 is 6.09 Å². The van der Waals surface area contributed by atoms with Crippen LogP contribution in [0.25, 0.3) is 0 Å². The normalized spacial score (nSPS) is 28.0. The average Bonchev–Trinajstić information content (AvgIpc) is 3.17. The van der Waals surface area contributed by atoms with E-state index in [2.05, 4.69) is 9.97 Å². The van der Waals surface area contributed by atoms with Crippen LogP contribution in [-0.2, 0) is 0 Å². The van der Waals surface area contributed by atoms with Gasteiger partial charge in [-0.05, 0) is 57.2 Å². The first kappa shape index (κ1) is 24.3. The standard InChI is InChI=1S/C25H32F2N4O3/c1-25(2,3)31(24(32)33)20-12-19(27)13-30(14-20)21-10-17(16-4-6-18(26)7-5-16)11-22(21)34-23-8-9-28-15-29-23/h4-9,15,17,19-22H,10-14H2,1-3H3,(H,32,33)/t17-,19-,20+,21+,22+/m1/s1. The first-order chi connectivity index (χ1) is 16.1. The molecule has 0 bridgehead atoms. The van der Waals surface area contributed by atoms with Gasteiger partial charge in [-0.2, -0.15) is 0 Å². The van der Waals surface area contributed by atoms with Crippen molar-refractivity contribution in [3.63, 3.8) is 0 Å². The number of aromatic nitrogens is 2. The van der Waals surface area contributed by atoms with Crippen molar-refractivity contribution in [1.82, 2.24) is 19.8 Å². The zero-order chi connectivity index (χ0) is 24.5. The summed E-state index contributed by atoms with van der Waals surface area (Å²) in [4.78, 5) is 23.6. The van der Waals surface area contributed by atoms with E-state index in [0.29, 0.717) is 25.3 Å². The highest BCUT2D eigenvalue weighted by molar-refractivity contribution is 5.66. The van der Waals surface area contributed by atoms with Crippen molar-refractivity contribution in [3.8, 4) is 5.88 Å². The zero-order valence-corrected chi connectivity index (χ0v) is 19.8. The zero-order valence-electron chi connectivity index (χ0n) is 19.8. The molecule has 34 heavy (non-hydrogen) atoms. The van der Waals surface area contributed by atoms with Gasteiger partial charge in [0.2, 0.25) is 5.88 Å². The van der Waals surface area contributed by atoms with E-state index >= 15 is 4.39 Å². The molecule has 7 nitrogen and oxygen atoms in total. The topological polar surface area (TPSA) is 78.8 Å². The Bertz CT molecular complexity index is 970. The molecule has 0 unspecified atom stereocenters. The average molecular weight is 475 g/mol. The van der Waals surface area contributed by atoms with E-state index in [4.69, 9.17) is 4.74 Å². The van der Waals surface area contributed by atoms with Crippen LogP contribution in [0.5, 0.6) is 5.88 Å². The minimum Gasteiger partial charge on any atom is -0.473 e. The van der Waals surface area contributed by atoms with E-state index in [1.54, 1.807) is 24.4 Å². The fourth-order valence-corrected chi connectivity index (χ4v) is 5.49. The van der Waals surface area contributed by atoms with E-state index < -0.39 is 23.8 Å². The van der Waals surface area contributed by atoms with Gasteiger partial charge in [-0.3, -0.25) is 9.80 Å². The molecule has 1 saturated heterocycles. The number of halogens is 2. The van der Waals surface area contributed by atoms with Gasteiger partial charge in [-0.15, -0.1) is 0 Å². The quantitative estimate of drug-likeness (QED) is 0.688. The number of likely N-dealkylation sites (tertiary alicyclic amines) is 1. The highest BCUT2D eigenvalue weighted by Gasteiger charge is 2.45. The second-order valence-electron chi connectivity index (χ2n) is 10.3. The third-order valence-corrected chi connectivity index (χ3v) is 6.81. The lowest BCUT2D eigenvalue weighted by atomic mass is 9.94. The number of carbonyl (C=O) groups is 1. The molecule has 5 atom stereocenters. The Morgan fingerprint density at radius 1 is 1.15 bits per heavy atom. The van der Waals surface area contributed by atoms with Crippen molar-refractivity contribution in [1.29, 1.82) is 0 Å². The maximum absolute atomic E-state index is 15.0. The summed E-state index contributed by atoms with van der Waals surface area (Å²) >= 11 is 0. The molecule has 1 aromatic heterocycles. The second kappa shape index (κ2) is 9.82. The van der Waals surface area contributed by atoms with Gasteiger partial charge in [-0.1, -0.05) is 12.1 Å². The Labute approximate surface area is 198 Å². The lowest BCUT2D eigenvalue weighted by Gasteiger charge is -2.47. The highest BCUT2D eigenvalue weighted by atomic mass is 19.1. The number of alkyl halides is 1. The molecule has 2 heterocycles. The Hall–Kier alpha value is -2.81. The number of hydrogen-bond acceptors (Lipinski definition) is 5. The molecule has 2 fully saturated rings. The number of amides is 1. The van der Waals surface area contributed by atoms with Crippen LogP contribution in [0.15, 0.2) is 42.9 Å². The fourth-order valence-electron chi connectivity index (χ4n) is 5.49. The van der Waals surface area contributed by atoms with Crippen molar-refractivity contribution < 1.29 is 23.4 Å². The molecule has 1 aliphatic carbocycles. The molecule has 1 aliphatic heterocycles. The van der Waals surface area contributed by atoms with Gasteiger partial charge in [-0.25, -0.2) is 23.5 Å². The first-order valence-electron chi connectivity index (χ1n) is 11.7. The molecule has 0 radical (unpaired) electrons. The van der Waals surface area contributed by atoms with E-state index in [1.165, 1.54) is 23.4 Å². The summed E-state index contributed by atoms with van der Waals surface area (Å²) in [5, 5.41) is 9.87. The summed E-state index contributed by atoms with van der Waals surface area (Å²) in [6.45, 7) is 6.13. The highest BCUT2D eigenvalue weighted by Crippen LogP contribution is 2.40. The summed E-state index contributed by atoms with van der Waals surface area (Å²) in [5.41, 5.74) is 0.356. The van der Waals surface area contributed by atoms with Gasteiger partial charge in [0, 0.05) is 43.4 Å². The maximum Gasteiger partial charge on any atom is 0.408 e. The third-order valence-electron chi connectivity index (χ3n) is 6.81. The van der Waals surface area contributed by atoms with Gasteiger partial charge in [0.25, 0.3) is 0 Å². The van der Waals surface area contributed by atoms with Crippen molar-refractivity contribution in [2.24, 2.45) is 0 Å². The van der Waals surface area contributed by atoms with Crippen molar-refractivity contribution >= 4 is 6.09 Å². The predicted octanol–water partition coefficient (Wildman–Crippen LogP) is 4.50. The van der Waals surface area contributed by atoms with E-state index in [-0.39, 0.29) is 36.8 Å². The molecule has 1 amide bonds. The van der Waals surface area contributed by atoms with Crippen LogP contribution in [0, 0.1) is 5.82 Å². The second-order valence-corrected chi connectivity index (χ2v) is 10.3. The van der Waals surface area contributed by atoms with Gasteiger partial charge < -0.3 is 9.84 Å². The number of hydrogen-bond donors (Lipinski definition) is 1. The molecular formula is C25H32F2N4O3. The lowest BCUT2D eigenvalue weighted by molar-refractivity contribution is -0.0166. The molecule has 1 saturated carbocycles. The third kappa shape index (κ3) is 5.46. The molecule has 4 rings (SSSR count). The largest absolute Gasteiger partial charge is 0.473 e. The molecular weight excluding hydrogens is 442 g/mol. The minimum atomic E-state index is -1.15. The van der Waals surface area contributed by atoms with Gasteiger partial charge in [0.05, 0.1) is 6.04 Å². The number of carboxylic acid groups (broad SMARTS) is 1. The molecule has 0 spiro atoms. The number of nitrogens with zero attached hydrogens (tertiary/aromatic N) is 4. The van der Waals surface area contributed by atoms with Crippen LogP contribution in [-0.4, -0.2) is 74.0 Å². The van der Waals surface area contributed by atoms with Crippen molar-refractivity contribution in [3.05, 3.63) is 54.2 Å². The lowest BCUT2D eigenvalue weighted by Crippen LogP contribution is -2.61. The smallest absolute Gasteiger partial charge is 0.408 e. The van der Waals surface area contributed by atoms with Gasteiger partial charge in [0.1, 0.15) is 24.4 Å². The van der Waals surface area contributed by atoms with E-state index in [9.17, 15) is 14.3 Å². The monoisotopic (exact) mass is 474 g/mol. The van der Waals surface area contributed by atoms with Crippen LogP contribution in [0.4, 0.5) is 13.6 Å². The molecule has 2 aromatic rings. The predicted molar refractivity (Wildman–Crippen MR) is 123 cm³/mol. The summed E-state index contributed by atoms with van der Waals surface area (Å²) < 4.78 is 34.7. The van der Waals surface area contributed by atoms with Crippen LogP contribution in [0.2, 0.25) is 0 Å². The van der Waals surface area contributed by atoms with Crippen molar-refractivity contribution in [2.45, 2.75) is 75.8 Å². The molecule has 184 valence electrons. The Morgan fingerprint density at radius 2 is 1.88 bits per heavy atom. The Balaban J connectivity index is 1.59. The summed E-state index contributed by atoms with van der Waals surface area (Å²) in [6, 6.07) is 7.55. The SMILES string of the molecule is CC(C)(C)N(C(=O)O)[C@H]1C[C@@H](F)CN([C@H]2C[C@@H](c3ccc(F)cc3)C[C@@H]2Oc2ccncn2)C1. The van der Waals surface area contributed by atoms with Crippen LogP contribution in [0.3, 0.4) is 0 Å². The summed E-state index contributed by atoms with van der Waals surface area (Å²) in [7, 11) is 0. The number of rotatable bonds is 5. The molecule has 1 N–H and O–H groups in total. The molecule has 1 aromatic carbocycles. The van der Waals surface area contributed by atoms with Gasteiger partial charge in [0.15, 0.2) is 0 Å². The van der Waals surface area contributed by atoms with E-state index in [1.807, 2.05) is 25.7 Å². The van der Waals surface area contributed by atoms with Crippen LogP contribution < -0.4 is 4.74 Å². The van der Waals surface area contributed by atoms with Crippen LogP contribution >= 0.6 is 0 Å². The van der Waals surface area contributed by atoms with Crippen LogP contribution in [0.1, 0.15) is 51.5 Å². The maximum atomic E-state index is 15.0. The Kier molecular flexibility index (Phi) is 7.02. The van der Waals surface area contributed by atoms with E-state index in [0.717, 1.165) is 5.56 Å². The van der Waals surface area contributed by atoms with Crippen molar-refractivity contribution in [2.75, 3.05) is 13.1 Å². The summed E-state index contributed by atoms with van der Waals surface area (Å²) in [5.74, 6) is 0.258.